The molecule has 0 unspecified atom stereocenters. The molecule has 6 heteroatoms. The molecule has 0 atom stereocenters. The van der Waals surface area contributed by atoms with E-state index in [1.54, 1.807) is 12.1 Å². The number of rotatable bonds is 2. The van der Waals surface area contributed by atoms with E-state index in [2.05, 4.69) is 15.6 Å². The summed E-state index contributed by atoms with van der Waals surface area (Å²) in [6, 6.07) is 10.0. The first-order valence-electron chi connectivity index (χ1n) is 6.93. The van der Waals surface area contributed by atoms with E-state index in [1.165, 1.54) is 23.5 Å². The number of benzene rings is 2. The van der Waals surface area contributed by atoms with Crippen LogP contribution < -0.4 is 10.6 Å². The van der Waals surface area contributed by atoms with Gasteiger partial charge in [-0.25, -0.2) is 9.37 Å². The predicted molar refractivity (Wildman–Crippen MR) is 86.2 cm³/mol. The van der Waals surface area contributed by atoms with Crippen LogP contribution in [0.25, 0.3) is 10.2 Å². The van der Waals surface area contributed by atoms with Crippen LogP contribution in [0.1, 0.15) is 15.9 Å². The smallest absolute Gasteiger partial charge is 0.257 e. The molecule has 0 aliphatic carbocycles. The molecule has 110 valence electrons. The molecule has 0 saturated heterocycles. The molecule has 0 saturated carbocycles. The first-order chi connectivity index (χ1) is 10.7. The van der Waals surface area contributed by atoms with Crippen LogP contribution in [-0.4, -0.2) is 17.4 Å². The van der Waals surface area contributed by atoms with Gasteiger partial charge in [-0.3, -0.25) is 10.1 Å². The van der Waals surface area contributed by atoms with Crippen molar-refractivity contribution in [2.45, 2.75) is 6.42 Å². The van der Waals surface area contributed by atoms with Crippen molar-refractivity contribution >= 4 is 38.3 Å². The number of carbonyl (C=O) groups is 1. The van der Waals surface area contributed by atoms with Gasteiger partial charge in [-0.2, -0.15) is 0 Å². The van der Waals surface area contributed by atoms with E-state index in [0.29, 0.717) is 20.9 Å². The summed E-state index contributed by atoms with van der Waals surface area (Å²) in [6.45, 7) is 0.907. The van der Waals surface area contributed by atoms with Crippen LogP contribution in [0.3, 0.4) is 0 Å². The van der Waals surface area contributed by atoms with Crippen LogP contribution in [0.4, 0.5) is 15.2 Å². The third-order valence-corrected chi connectivity index (χ3v) is 4.58. The molecule has 4 nitrogen and oxygen atoms in total. The highest BCUT2D eigenvalue weighted by Crippen LogP contribution is 2.27. The number of fused-ring (bicyclic) bond motifs is 2. The number of carbonyl (C=O) groups excluding carboxylic acids is 1. The first-order valence-corrected chi connectivity index (χ1v) is 7.75. The topological polar surface area (TPSA) is 54.0 Å². The highest BCUT2D eigenvalue weighted by atomic mass is 32.1. The number of hydrogen-bond donors (Lipinski definition) is 2. The molecule has 1 amide bonds. The SMILES string of the molecule is O=C(Nc1nc2ccc(F)cc2s1)c1ccc2c(c1)CCN2. The minimum absolute atomic E-state index is 0.200. The fourth-order valence-corrected chi connectivity index (χ4v) is 3.45. The first kappa shape index (κ1) is 13.2. The van der Waals surface area contributed by atoms with E-state index in [0.717, 1.165) is 24.2 Å². The van der Waals surface area contributed by atoms with Crippen LogP contribution in [0, 0.1) is 5.82 Å². The Morgan fingerprint density at radius 2 is 2.18 bits per heavy atom. The van der Waals surface area contributed by atoms with Crippen molar-refractivity contribution < 1.29 is 9.18 Å². The Labute approximate surface area is 130 Å². The van der Waals surface area contributed by atoms with Gasteiger partial charge in [0, 0.05) is 17.8 Å². The number of amides is 1. The third-order valence-electron chi connectivity index (χ3n) is 3.65. The summed E-state index contributed by atoms with van der Waals surface area (Å²) in [5, 5.41) is 6.52. The number of nitrogens with one attached hydrogen (secondary N) is 2. The molecular formula is C16H12FN3OS. The summed E-state index contributed by atoms with van der Waals surface area (Å²) in [4.78, 5) is 16.6. The van der Waals surface area contributed by atoms with Gasteiger partial charge >= 0.3 is 0 Å². The molecule has 1 aliphatic rings. The molecule has 2 aromatic carbocycles. The van der Waals surface area contributed by atoms with Crippen LogP contribution in [0.5, 0.6) is 0 Å². The molecule has 0 radical (unpaired) electrons. The molecule has 2 N–H and O–H groups in total. The van der Waals surface area contributed by atoms with E-state index in [9.17, 15) is 9.18 Å². The minimum Gasteiger partial charge on any atom is -0.384 e. The fourth-order valence-electron chi connectivity index (χ4n) is 2.57. The quantitative estimate of drug-likeness (QED) is 0.759. The van der Waals surface area contributed by atoms with Gasteiger partial charge in [0.05, 0.1) is 10.2 Å². The molecule has 0 spiro atoms. The van der Waals surface area contributed by atoms with E-state index >= 15 is 0 Å². The highest BCUT2D eigenvalue weighted by Gasteiger charge is 2.15. The minimum atomic E-state index is -0.305. The molecule has 1 aliphatic heterocycles. The molecule has 22 heavy (non-hydrogen) atoms. The Morgan fingerprint density at radius 3 is 3.09 bits per heavy atom. The average Bonchev–Trinajstić information content (AvgIpc) is 3.11. The van der Waals surface area contributed by atoms with Crippen molar-refractivity contribution in [3.8, 4) is 0 Å². The van der Waals surface area contributed by atoms with Crippen LogP contribution in [-0.2, 0) is 6.42 Å². The van der Waals surface area contributed by atoms with Gasteiger partial charge in [0.15, 0.2) is 5.13 Å². The van der Waals surface area contributed by atoms with E-state index in [-0.39, 0.29) is 11.7 Å². The van der Waals surface area contributed by atoms with Crippen LogP contribution in [0.15, 0.2) is 36.4 Å². The highest BCUT2D eigenvalue weighted by molar-refractivity contribution is 7.22. The normalized spacial score (nSPS) is 13.0. The lowest BCUT2D eigenvalue weighted by atomic mass is 10.1. The van der Waals surface area contributed by atoms with Gasteiger partial charge in [0.25, 0.3) is 5.91 Å². The maximum absolute atomic E-state index is 13.2. The fraction of sp³-hybridized carbons (Fsp3) is 0.125. The van der Waals surface area contributed by atoms with E-state index in [4.69, 9.17) is 0 Å². The van der Waals surface area contributed by atoms with Gasteiger partial charge in [0.2, 0.25) is 0 Å². The van der Waals surface area contributed by atoms with Gasteiger partial charge in [0.1, 0.15) is 5.82 Å². The van der Waals surface area contributed by atoms with Crippen LogP contribution >= 0.6 is 11.3 Å². The lowest BCUT2D eigenvalue weighted by Crippen LogP contribution is -2.11. The van der Waals surface area contributed by atoms with Crippen molar-refractivity contribution in [3.05, 3.63) is 53.3 Å². The van der Waals surface area contributed by atoms with Gasteiger partial charge < -0.3 is 5.32 Å². The van der Waals surface area contributed by atoms with E-state index < -0.39 is 0 Å². The van der Waals surface area contributed by atoms with Crippen molar-refractivity contribution in [1.29, 1.82) is 0 Å². The summed E-state index contributed by atoms with van der Waals surface area (Å²) in [7, 11) is 0. The van der Waals surface area contributed by atoms with Crippen LogP contribution in [0.2, 0.25) is 0 Å². The molecule has 0 bridgehead atoms. The maximum Gasteiger partial charge on any atom is 0.257 e. The largest absolute Gasteiger partial charge is 0.384 e. The second-order valence-corrected chi connectivity index (χ2v) is 6.16. The second kappa shape index (κ2) is 5.06. The summed E-state index contributed by atoms with van der Waals surface area (Å²) < 4.78 is 13.9. The standard InChI is InChI=1S/C16H12FN3OS/c17-11-2-4-13-14(8-11)22-16(19-13)20-15(21)10-1-3-12-9(7-10)5-6-18-12/h1-4,7-8,18H,5-6H2,(H,19,20,21). The molecule has 3 aromatic rings. The third kappa shape index (κ3) is 2.31. The maximum atomic E-state index is 13.2. The molecular weight excluding hydrogens is 301 g/mol. The summed E-state index contributed by atoms with van der Waals surface area (Å²) >= 11 is 1.26. The zero-order valence-electron chi connectivity index (χ0n) is 11.5. The van der Waals surface area contributed by atoms with Crippen molar-refractivity contribution in [2.24, 2.45) is 0 Å². The van der Waals surface area contributed by atoms with E-state index in [1.807, 2.05) is 12.1 Å². The number of anilines is 2. The summed E-state index contributed by atoms with van der Waals surface area (Å²) in [6.07, 6.45) is 0.927. The average molecular weight is 313 g/mol. The molecule has 2 heterocycles. The second-order valence-electron chi connectivity index (χ2n) is 5.13. The molecule has 4 rings (SSSR count). The predicted octanol–water partition coefficient (Wildman–Crippen LogP) is 3.66. The van der Waals surface area contributed by atoms with Gasteiger partial charge in [-0.05, 0) is 48.4 Å². The number of nitrogens with zero attached hydrogens (tertiary/aromatic N) is 1. The van der Waals surface area contributed by atoms with Crippen molar-refractivity contribution in [1.82, 2.24) is 4.98 Å². The van der Waals surface area contributed by atoms with Gasteiger partial charge in [-0.1, -0.05) is 11.3 Å². The number of aromatic nitrogens is 1. The Morgan fingerprint density at radius 1 is 1.27 bits per heavy atom. The lowest BCUT2D eigenvalue weighted by molar-refractivity contribution is 0.102. The Hall–Kier alpha value is -2.47. The Balaban J connectivity index is 1.60. The zero-order chi connectivity index (χ0) is 15.1. The monoisotopic (exact) mass is 313 g/mol. The molecule has 0 fully saturated rings. The Kier molecular flexibility index (Phi) is 3.04. The zero-order valence-corrected chi connectivity index (χ0v) is 12.3. The number of halogens is 1. The Bertz CT molecular complexity index is 890. The molecule has 1 aromatic heterocycles. The van der Waals surface area contributed by atoms with Crippen molar-refractivity contribution in [2.75, 3.05) is 17.2 Å². The van der Waals surface area contributed by atoms with Crippen molar-refractivity contribution in [3.63, 3.8) is 0 Å². The summed E-state index contributed by atoms with van der Waals surface area (Å²) in [5.74, 6) is -0.505. The number of thiazole rings is 1. The lowest BCUT2D eigenvalue weighted by Gasteiger charge is -2.04. The van der Waals surface area contributed by atoms with Gasteiger partial charge in [-0.15, -0.1) is 0 Å². The number of hydrogen-bond acceptors (Lipinski definition) is 4. The summed E-state index contributed by atoms with van der Waals surface area (Å²) in [5.41, 5.74) is 3.53.